The van der Waals surface area contributed by atoms with Gasteiger partial charge in [0.15, 0.2) is 0 Å². The fraction of sp³-hybridized carbons (Fsp3) is 0.900. The van der Waals surface area contributed by atoms with Gasteiger partial charge in [-0.1, -0.05) is 20.8 Å². The first-order valence-corrected chi connectivity index (χ1v) is 5.12. The average Bonchev–Trinajstić information content (AvgIpc) is 2.49. The van der Waals surface area contributed by atoms with Crippen molar-refractivity contribution in [3.8, 4) is 0 Å². The minimum absolute atomic E-state index is 0.375. The van der Waals surface area contributed by atoms with Crippen molar-refractivity contribution in [2.45, 2.75) is 52.2 Å². The Morgan fingerprint density at radius 3 is 2.36 bits per heavy atom. The molecular weight excluding hydrogens is 182 g/mol. The van der Waals surface area contributed by atoms with Crippen LogP contribution in [0.1, 0.15) is 40.0 Å². The minimum Gasteiger partial charge on any atom is -0.480 e. The van der Waals surface area contributed by atoms with Gasteiger partial charge in [0.1, 0.15) is 6.04 Å². The van der Waals surface area contributed by atoms with Crippen LogP contribution in [0.4, 0.5) is 0 Å². The summed E-state index contributed by atoms with van der Waals surface area (Å²) in [6.07, 6.45) is 1.49. The number of aliphatic carboxylic acids is 1. The molecule has 1 saturated carbocycles. The first-order valence-electron chi connectivity index (χ1n) is 5.12. The van der Waals surface area contributed by atoms with Gasteiger partial charge in [-0.25, -0.2) is 0 Å². The van der Waals surface area contributed by atoms with Gasteiger partial charge in [0.2, 0.25) is 0 Å². The summed E-state index contributed by atoms with van der Waals surface area (Å²) in [7, 11) is 0. The summed E-state index contributed by atoms with van der Waals surface area (Å²) in [5.41, 5.74) is 5.08. The number of aliphatic hydroxyl groups is 1. The van der Waals surface area contributed by atoms with Crippen LogP contribution in [0, 0.1) is 5.41 Å². The summed E-state index contributed by atoms with van der Waals surface area (Å²) in [4.78, 5) is 10.6. The van der Waals surface area contributed by atoms with Crippen LogP contribution in [-0.2, 0) is 4.79 Å². The lowest BCUT2D eigenvalue weighted by molar-refractivity contribution is -0.141. The molecule has 1 aliphatic carbocycles. The Morgan fingerprint density at radius 2 is 2.07 bits per heavy atom. The second-order valence-electron chi connectivity index (χ2n) is 3.87. The van der Waals surface area contributed by atoms with Gasteiger partial charge in [-0.05, 0) is 24.7 Å². The third-order valence-corrected chi connectivity index (χ3v) is 2.77. The van der Waals surface area contributed by atoms with Crippen molar-refractivity contribution < 1.29 is 15.0 Å². The average molecular weight is 203 g/mol. The Morgan fingerprint density at radius 1 is 1.57 bits per heavy atom. The Bertz CT molecular complexity index is 196. The zero-order valence-corrected chi connectivity index (χ0v) is 9.16. The van der Waals surface area contributed by atoms with E-state index in [1.54, 1.807) is 0 Å². The third kappa shape index (κ3) is 2.96. The normalized spacial score (nSPS) is 33.1. The Hall–Kier alpha value is -0.610. The van der Waals surface area contributed by atoms with Crippen LogP contribution in [0.15, 0.2) is 0 Å². The van der Waals surface area contributed by atoms with Crippen molar-refractivity contribution in [2.75, 3.05) is 0 Å². The number of carbonyl (C=O) groups is 1. The summed E-state index contributed by atoms with van der Waals surface area (Å²) in [6.45, 7) is 5.82. The van der Waals surface area contributed by atoms with Gasteiger partial charge >= 0.3 is 5.97 Å². The molecule has 2 unspecified atom stereocenters. The smallest absolute Gasteiger partial charge is 0.321 e. The highest BCUT2D eigenvalue weighted by atomic mass is 16.4. The molecule has 14 heavy (non-hydrogen) atoms. The van der Waals surface area contributed by atoms with Gasteiger partial charge in [-0.15, -0.1) is 0 Å². The molecule has 4 N–H and O–H groups in total. The van der Waals surface area contributed by atoms with Crippen molar-refractivity contribution in [2.24, 2.45) is 11.1 Å². The molecule has 1 rings (SSSR count). The van der Waals surface area contributed by atoms with E-state index in [0.717, 1.165) is 0 Å². The number of carboxylic acid groups (broad SMARTS) is 1. The second-order valence-corrected chi connectivity index (χ2v) is 3.87. The monoisotopic (exact) mass is 203 g/mol. The minimum atomic E-state index is -0.980. The van der Waals surface area contributed by atoms with E-state index in [-0.39, 0.29) is 6.10 Å². The molecule has 0 aromatic carbocycles. The SMILES string of the molecule is CC.CC1([C@H](N)C(=O)O)CCC(O)C1. The number of aliphatic hydroxyl groups excluding tert-OH is 1. The maximum atomic E-state index is 10.6. The Labute approximate surface area is 85.1 Å². The summed E-state index contributed by atoms with van der Waals surface area (Å²) in [5.74, 6) is -0.980. The first kappa shape index (κ1) is 13.4. The van der Waals surface area contributed by atoms with Gasteiger partial charge in [-0.2, -0.15) is 0 Å². The van der Waals surface area contributed by atoms with Crippen LogP contribution in [0.2, 0.25) is 0 Å². The van der Waals surface area contributed by atoms with E-state index < -0.39 is 17.4 Å². The molecule has 4 heteroatoms. The molecule has 84 valence electrons. The van der Waals surface area contributed by atoms with Crippen LogP contribution in [0.5, 0.6) is 0 Å². The van der Waals surface area contributed by atoms with E-state index in [0.29, 0.717) is 19.3 Å². The van der Waals surface area contributed by atoms with Crippen LogP contribution >= 0.6 is 0 Å². The predicted octanol–water partition coefficient (Wildman–Crippen LogP) is 0.976. The van der Waals surface area contributed by atoms with Gasteiger partial charge in [0.25, 0.3) is 0 Å². The number of rotatable bonds is 2. The molecule has 0 aliphatic heterocycles. The molecular formula is C10H21NO3. The van der Waals surface area contributed by atoms with Gasteiger partial charge in [0, 0.05) is 0 Å². The predicted molar refractivity (Wildman–Crippen MR) is 54.9 cm³/mol. The molecule has 1 aliphatic rings. The third-order valence-electron chi connectivity index (χ3n) is 2.77. The van der Waals surface area contributed by atoms with Crippen molar-refractivity contribution in [1.82, 2.24) is 0 Å². The summed E-state index contributed by atoms with van der Waals surface area (Å²) >= 11 is 0. The zero-order valence-electron chi connectivity index (χ0n) is 9.16. The highest BCUT2D eigenvalue weighted by Crippen LogP contribution is 2.39. The Kier molecular flexibility index (Phi) is 5.08. The number of carboxylic acids is 1. The topological polar surface area (TPSA) is 83.6 Å². The van der Waals surface area contributed by atoms with E-state index in [1.807, 2.05) is 20.8 Å². The van der Waals surface area contributed by atoms with Crippen molar-refractivity contribution in [1.29, 1.82) is 0 Å². The molecule has 0 amide bonds. The molecule has 0 aromatic rings. The molecule has 0 radical (unpaired) electrons. The lowest BCUT2D eigenvalue weighted by atomic mass is 9.81. The fourth-order valence-corrected chi connectivity index (χ4v) is 1.82. The maximum Gasteiger partial charge on any atom is 0.321 e. The fourth-order valence-electron chi connectivity index (χ4n) is 1.82. The molecule has 1 fully saturated rings. The molecule has 0 spiro atoms. The van der Waals surface area contributed by atoms with Gasteiger partial charge in [-0.3, -0.25) is 4.79 Å². The van der Waals surface area contributed by atoms with E-state index in [4.69, 9.17) is 10.8 Å². The molecule has 4 nitrogen and oxygen atoms in total. The molecule has 0 bridgehead atoms. The van der Waals surface area contributed by atoms with Gasteiger partial charge in [0.05, 0.1) is 6.10 Å². The highest BCUT2D eigenvalue weighted by molar-refractivity contribution is 5.74. The van der Waals surface area contributed by atoms with Crippen molar-refractivity contribution in [3.05, 3.63) is 0 Å². The second kappa shape index (κ2) is 5.32. The van der Waals surface area contributed by atoms with E-state index >= 15 is 0 Å². The van der Waals surface area contributed by atoms with Crippen LogP contribution < -0.4 is 5.73 Å². The number of hydrogen-bond donors (Lipinski definition) is 3. The zero-order chi connectivity index (χ0) is 11.4. The van der Waals surface area contributed by atoms with Crippen LogP contribution in [-0.4, -0.2) is 28.3 Å². The van der Waals surface area contributed by atoms with E-state index in [2.05, 4.69) is 0 Å². The maximum absolute atomic E-state index is 10.6. The molecule has 0 saturated heterocycles. The highest BCUT2D eigenvalue weighted by Gasteiger charge is 2.42. The van der Waals surface area contributed by atoms with Gasteiger partial charge < -0.3 is 15.9 Å². The Balaban J connectivity index is 0.000000791. The largest absolute Gasteiger partial charge is 0.480 e. The molecule has 0 heterocycles. The molecule has 0 aromatic heterocycles. The summed E-state index contributed by atoms with van der Waals surface area (Å²) in [5, 5.41) is 17.9. The van der Waals surface area contributed by atoms with E-state index in [1.165, 1.54) is 0 Å². The van der Waals surface area contributed by atoms with Crippen LogP contribution in [0.3, 0.4) is 0 Å². The number of hydrogen-bond acceptors (Lipinski definition) is 3. The number of nitrogens with two attached hydrogens (primary N) is 1. The van der Waals surface area contributed by atoms with Crippen LogP contribution in [0.25, 0.3) is 0 Å². The molecule has 3 atom stereocenters. The summed E-state index contributed by atoms with van der Waals surface area (Å²) in [6, 6.07) is -0.852. The standard InChI is InChI=1S/C8H15NO3.C2H6/c1-8(6(9)7(11)12)3-2-5(10)4-8;1-2/h5-6,10H,2-4,9H2,1H3,(H,11,12);1-2H3/t5?,6-,8?;/m1./s1. The lowest BCUT2D eigenvalue weighted by Crippen LogP contribution is -2.44. The lowest BCUT2D eigenvalue weighted by Gasteiger charge is -2.27. The van der Waals surface area contributed by atoms with E-state index in [9.17, 15) is 9.90 Å². The quantitative estimate of drug-likeness (QED) is 0.624. The summed E-state index contributed by atoms with van der Waals surface area (Å²) < 4.78 is 0. The van der Waals surface area contributed by atoms with Crippen molar-refractivity contribution in [3.63, 3.8) is 0 Å². The van der Waals surface area contributed by atoms with Crippen molar-refractivity contribution >= 4 is 5.97 Å². The first-order chi connectivity index (χ1) is 6.46.